The zero-order valence-corrected chi connectivity index (χ0v) is 19.7. The Morgan fingerprint density at radius 2 is 1.73 bits per heavy atom. The Bertz CT molecular complexity index is 1500. The number of hydrogen-bond acceptors (Lipinski definition) is 6. The van der Waals surface area contributed by atoms with Crippen LogP contribution in [-0.2, 0) is 28.7 Å². The fourth-order valence-corrected chi connectivity index (χ4v) is 5.03. The molecule has 0 N–H and O–H groups in total. The average molecular weight is 468 g/mol. The van der Waals surface area contributed by atoms with E-state index in [1.54, 1.807) is 42.3 Å². The summed E-state index contributed by atoms with van der Waals surface area (Å²) in [5.74, 6) is 0.376. The predicted octanol–water partition coefficient (Wildman–Crippen LogP) is 3.03. The third kappa shape index (κ3) is 4.29. The minimum atomic E-state index is -3.56. The Hall–Kier alpha value is -3.43. The lowest BCUT2D eigenvalue weighted by molar-refractivity contribution is 0.217. The molecule has 4 aromatic rings. The average Bonchev–Trinajstić information content (AvgIpc) is 3.25. The molecule has 0 amide bonds. The monoisotopic (exact) mass is 467 g/mol. The molecule has 0 atom stereocenters. The van der Waals surface area contributed by atoms with Crippen LogP contribution in [0.5, 0.6) is 5.75 Å². The highest BCUT2D eigenvalue weighted by Crippen LogP contribution is 2.37. The van der Waals surface area contributed by atoms with Crippen molar-refractivity contribution < 1.29 is 17.9 Å². The summed E-state index contributed by atoms with van der Waals surface area (Å²) in [4.78, 5) is 13.0. The van der Waals surface area contributed by atoms with Crippen molar-refractivity contribution in [2.45, 2.75) is 4.90 Å². The summed E-state index contributed by atoms with van der Waals surface area (Å²) in [5.41, 5.74) is 2.94. The normalized spacial score (nSPS) is 11.8. The molecule has 33 heavy (non-hydrogen) atoms. The number of ether oxygens (including phenoxy) is 2. The molecule has 9 heteroatoms. The second kappa shape index (κ2) is 8.84. The molecule has 0 unspecified atom stereocenters. The van der Waals surface area contributed by atoms with Crippen molar-refractivity contribution in [1.82, 2.24) is 14.3 Å². The molecule has 2 heterocycles. The van der Waals surface area contributed by atoms with Crippen molar-refractivity contribution in [2.24, 2.45) is 14.1 Å². The summed E-state index contributed by atoms with van der Waals surface area (Å²) in [6.07, 6.45) is 5.36. The molecule has 2 aromatic carbocycles. The maximum Gasteiger partial charge on any atom is 0.258 e. The lowest BCUT2D eigenvalue weighted by Crippen LogP contribution is -2.17. The molecule has 0 aliphatic heterocycles. The molecule has 4 rings (SSSR count). The van der Waals surface area contributed by atoms with Gasteiger partial charge in [0.1, 0.15) is 5.75 Å². The van der Waals surface area contributed by atoms with Crippen LogP contribution >= 0.6 is 0 Å². The third-order valence-corrected chi connectivity index (χ3v) is 7.27. The van der Waals surface area contributed by atoms with E-state index in [4.69, 9.17) is 9.47 Å². The van der Waals surface area contributed by atoms with Crippen molar-refractivity contribution in [3.8, 4) is 28.0 Å². The van der Waals surface area contributed by atoms with E-state index in [0.717, 1.165) is 11.1 Å². The Labute approximate surface area is 191 Å². The van der Waals surface area contributed by atoms with Crippen LogP contribution in [-0.4, -0.2) is 49.3 Å². The first kappa shape index (κ1) is 22.8. The van der Waals surface area contributed by atoms with E-state index >= 15 is 0 Å². The highest BCUT2D eigenvalue weighted by atomic mass is 32.2. The Morgan fingerprint density at radius 1 is 0.939 bits per heavy atom. The molecule has 2 aromatic heterocycles. The maximum absolute atomic E-state index is 12.9. The molecule has 0 bridgehead atoms. The predicted molar refractivity (Wildman–Crippen MR) is 127 cm³/mol. The number of methoxy groups -OCH3 is 2. The van der Waals surface area contributed by atoms with E-state index in [2.05, 4.69) is 5.10 Å². The molecule has 0 aliphatic rings. The summed E-state index contributed by atoms with van der Waals surface area (Å²) in [7, 11) is 2.95. The summed E-state index contributed by atoms with van der Waals surface area (Å²) < 4.78 is 39.4. The van der Waals surface area contributed by atoms with Crippen molar-refractivity contribution in [1.29, 1.82) is 0 Å². The highest BCUT2D eigenvalue weighted by Gasteiger charge is 2.20. The molecule has 0 spiro atoms. The van der Waals surface area contributed by atoms with E-state index in [9.17, 15) is 13.2 Å². The molecule has 8 nitrogen and oxygen atoms in total. The fraction of sp³-hybridized carbons (Fsp3) is 0.250. The first-order chi connectivity index (χ1) is 15.7. The number of sulfone groups is 1. The van der Waals surface area contributed by atoms with Crippen LogP contribution in [0.3, 0.4) is 0 Å². The SMILES string of the molecule is COCCS(=O)(=O)c1ccc(OC)c(-c2cn(C)c(=O)c3ccc(-c4cnn(C)c4)cc23)c1. The zero-order chi connectivity index (χ0) is 23.8. The van der Waals surface area contributed by atoms with Crippen molar-refractivity contribution in [2.75, 3.05) is 26.6 Å². The van der Waals surface area contributed by atoms with Crippen LogP contribution in [0.15, 0.2) is 64.7 Å². The Kier molecular flexibility index (Phi) is 6.09. The minimum Gasteiger partial charge on any atom is -0.496 e. The Balaban J connectivity index is 1.99. The maximum atomic E-state index is 12.9. The molecule has 0 aliphatic carbocycles. The molecule has 0 saturated heterocycles. The quantitative estimate of drug-likeness (QED) is 0.415. The van der Waals surface area contributed by atoms with Crippen LogP contribution < -0.4 is 10.3 Å². The molecular weight excluding hydrogens is 442 g/mol. The van der Waals surface area contributed by atoms with E-state index in [0.29, 0.717) is 27.6 Å². The topological polar surface area (TPSA) is 92.4 Å². The molecule has 0 radical (unpaired) electrons. The standard InChI is InChI=1S/C24H25N3O5S/c1-26-15-22(21-12-18(6-8-23(21)32-4)33(29,30)10-9-31-3)20-11-16(5-7-19(20)24(26)28)17-13-25-27(2)14-17/h5-8,11-15H,9-10H2,1-4H3. The lowest BCUT2D eigenvalue weighted by Gasteiger charge is -2.15. The van der Waals surface area contributed by atoms with Gasteiger partial charge in [-0.05, 0) is 41.3 Å². The minimum absolute atomic E-state index is 0.0982. The number of nitrogens with zero attached hydrogens (tertiary/aromatic N) is 3. The van der Waals surface area contributed by atoms with Crippen LogP contribution in [0.25, 0.3) is 33.0 Å². The molecule has 0 fully saturated rings. The van der Waals surface area contributed by atoms with Crippen LogP contribution in [0, 0.1) is 0 Å². The van der Waals surface area contributed by atoms with Gasteiger partial charge >= 0.3 is 0 Å². The van der Waals surface area contributed by atoms with Gasteiger partial charge in [0.25, 0.3) is 5.56 Å². The number of rotatable bonds is 7. The summed E-state index contributed by atoms with van der Waals surface area (Å²) in [6.45, 7) is 0.0982. The Morgan fingerprint density at radius 3 is 2.39 bits per heavy atom. The summed E-state index contributed by atoms with van der Waals surface area (Å²) in [6, 6.07) is 10.4. The van der Waals surface area contributed by atoms with Gasteiger partial charge in [-0.1, -0.05) is 6.07 Å². The first-order valence-electron chi connectivity index (χ1n) is 10.3. The molecular formula is C24H25N3O5S. The second-order valence-corrected chi connectivity index (χ2v) is 9.90. The number of fused-ring (bicyclic) bond motifs is 1. The van der Waals surface area contributed by atoms with Gasteiger partial charge in [0, 0.05) is 55.7 Å². The zero-order valence-electron chi connectivity index (χ0n) is 18.9. The lowest BCUT2D eigenvalue weighted by atomic mass is 9.97. The van der Waals surface area contributed by atoms with Crippen LogP contribution in [0.2, 0.25) is 0 Å². The second-order valence-electron chi connectivity index (χ2n) is 7.80. The molecule has 0 saturated carbocycles. The largest absolute Gasteiger partial charge is 0.496 e. The van der Waals surface area contributed by atoms with Gasteiger partial charge in [0.2, 0.25) is 0 Å². The van der Waals surface area contributed by atoms with Crippen molar-refractivity contribution >= 4 is 20.6 Å². The fourth-order valence-electron chi connectivity index (χ4n) is 3.83. The van der Waals surface area contributed by atoms with Crippen LogP contribution in [0.4, 0.5) is 0 Å². The van der Waals surface area contributed by atoms with Crippen molar-refractivity contribution in [3.05, 3.63) is 65.3 Å². The first-order valence-corrected chi connectivity index (χ1v) is 11.9. The summed E-state index contributed by atoms with van der Waals surface area (Å²) in [5, 5.41) is 5.45. The van der Waals surface area contributed by atoms with Gasteiger partial charge in [-0.3, -0.25) is 9.48 Å². The van der Waals surface area contributed by atoms with Gasteiger partial charge in [0.15, 0.2) is 9.84 Å². The van der Waals surface area contributed by atoms with E-state index in [-0.39, 0.29) is 22.8 Å². The highest BCUT2D eigenvalue weighted by molar-refractivity contribution is 7.91. The van der Waals surface area contributed by atoms with Gasteiger partial charge in [-0.15, -0.1) is 0 Å². The van der Waals surface area contributed by atoms with Gasteiger partial charge in [0.05, 0.1) is 30.6 Å². The van der Waals surface area contributed by atoms with Gasteiger partial charge in [-0.2, -0.15) is 5.10 Å². The van der Waals surface area contributed by atoms with Crippen molar-refractivity contribution in [3.63, 3.8) is 0 Å². The van der Waals surface area contributed by atoms with Gasteiger partial charge in [-0.25, -0.2) is 8.42 Å². The number of aromatic nitrogens is 3. The van der Waals surface area contributed by atoms with Crippen LogP contribution in [0.1, 0.15) is 0 Å². The third-order valence-electron chi connectivity index (χ3n) is 5.60. The number of aryl methyl sites for hydroxylation is 2. The summed E-state index contributed by atoms with van der Waals surface area (Å²) >= 11 is 0. The van der Waals surface area contributed by atoms with Gasteiger partial charge < -0.3 is 14.0 Å². The van der Waals surface area contributed by atoms with E-state index < -0.39 is 9.84 Å². The number of pyridine rings is 1. The number of hydrogen-bond donors (Lipinski definition) is 0. The molecule has 172 valence electrons. The smallest absolute Gasteiger partial charge is 0.258 e. The van der Waals surface area contributed by atoms with E-state index in [1.165, 1.54) is 24.9 Å². The number of benzene rings is 2. The van der Waals surface area contributed by atoms with E-state index in [1.807, 2.05) is 25.4 Å².